The Morgan fingerprint density at radius 3 is 2.67 bits per heavy atom. The van der Waals surface area contributed by atoms with Gasteiger partial charge in [-0.15, -0.1) is 0 Å². The zero-order chi connectivity index (χ0) is 6.95. The molecule has 0 nitrogen and oxygen atoms in total. The van der Waals surface area contributed by atoms with Crippen LogP contribution >= 0.6 is 0 Å². The molecule has 1 radical (unpaired) electrons. The summed E-state index contributed by atoms with van der Waals surface area (Å²) in [5.41, 5.74) is 0. The second-order valence-electron chi connectivity index (χ2n) is 2.12. The molecule has 0 saturated heterocycles. The Hall–Kier alpha value is -0.520. The summed E-state index contributed by atoms with van der Waals surface area (Å²) in [5, 5.41) is 0. The molecule has 0 N–H and O–H groups in total. The monoisotopic (exact) mass is 123 g/mol. The van der Waals surface area contributed by atoms with Gasteiger partial charge in [0.25, 0.3) is 0 Å². The third kappa shape index (κ3) is 7.48. The van der Waals surface area contributed by atoms with Crippen LogP contribution in [0, 0.1) is 6.58 Å². The van der Waals surface area contributed by atoms with Crippen LogP contribution in [-0.2, 0) is 0 Å². The fourth-order valence-electron chi connectivity index (χ4n) is 0.687. The normalized spacial score (nSPS) is 10.3. The molecule has 0 aliphatic heterocycles. The van der Waals surface area contributed by atoms with E-state index in [0.717, 1.165) is 0 Å². The lowest BCUT2D eigenvalue weighted by atomic mass is 10.2. The van der Waals surface area contributed by atoms with Crippen molar-refractivity contribution in [2.24, 2.45) is 0 Å². The summed E-state index contributed by atoms with van der Waals surface area (Å²) in [7, 11) is 0. The molecule has 0 unspecified atom stereocenters. The van der Waals surface area contributed by atoms with Crippen molar-refractivity contribution in [1.29, 1.82) is 0 Å². The summed E-state index contributed by atoms with van der Waals surface area (Å²) in [5.74, 6) is 0. The molecule has 51 valence electrons. The highest BCUT2D eigenvalue weighted by Crippen LogP contribution is 1.98. The molecule has 0 atom stereocenters. The Morgan fingerprint density at radius 1 is 1.33 bits per heavy atom. The van der Waals surface area contributed by atoms with Crippen molar-refractivity contribution < 1.29 is 0 Å². The molecule has 0 aromatic heterocycles. The van der Waals surface area contributed by atoms with Crippen LogP contribution in [0.15, 0.2) is 18.2 Å². The third-order valence-electron chi connectivity index (χ3n) is 1.22. The van der Waals surface area contributed by atoms with Crippen molar-refractivity contribution in [3.8, 4) is 0 Å². The maximum atomic E-state index is 5.13. The maximum absolute atomic E-state index is 5.13. The van der Waals surface area contributed by atoms with E-state index in [1.54, 1.807) is 6.08 Å². The topological polar surface area (TPSA) is 0 Å². The first-order valence-electron chi connectivity index (χ1n) is 3.62. The first-order chi connectivity index (χ1) is 4.41. The van der Waals surface area contributed by atoms with E-state index in [4.69, 9.17) is 6.58 Å². The summed E-state index contributed by atoms with van der Waals surface area (Å²) in [6.07, 6.45) is 10.7. The Kier molecular flexibility index (Phi) is 7.05. The van der Waals surface area contributed by atoms with Crippen LogP contribution in [0.4, 0.5) is 0 Å². The highest BCUT2D eigenvalue weighted by Gasteiger charge is 1.78. The zero-order valence-corrected chi connectivity index (χ0v) is 6.14. The number of rotatable bonds is 5. The highest BCUT2D eigenvalue weighted by atomic mass is 13.8. The molecule has 0 bridgehead atoms. The largest absolute Gasteiger partial charge is 0.0845 e. The van der Waals surface area contributed by atoms with Crippen LogP contribution in [0.3, 0.4) is 0 Å². The fourth-order valence-corrected chi connectivity index (χ4v) is 0.687. The van der Waals surface area contributed by atoms with Gasteiger partial charge in [-0.05, 0) is 12.8 Å². The third-order valence-corrected chi connectivity index (χ3v) is 1.22. The molecule has 0 aliphatic rings. The molecule has 0 spiro atoms. The van der Waals surface area contributed by atoms with Gasteiger partial charge in [0.2, 0.25) is 0 Å². The molecule has 0 heteroatoms. The summed E-state index contributed by atoms with van der Waals surface area (Å²) >= 11 is 0. The quantitative estimate of drug-likeness (QED) is 0.389. The molecule has 9 heavy (non-hydrogen) atoms. The number of hydrogen-bond donors (Lipinski definition) is 0. The average Bonchev–Trinajstić information content (AvgIpc) is 1.89. The predicted molar refractivity (Wildman–Crippen MR) is 42.2 cm³/mol. The van der Waals surface area contributed by atoms with E-state index in [2.05, 4.69) is 13.0 Å². The van der Waals surface area contributed by atoms with Crippen molar-refractivity contribution in [2.75, 3.05) is 0 Å². The SMILES string of the molecule is [CH]=CC=CCCCCC. The van der Waals surface area contributed by atoms with Gasteiger partial charge >= 0.3 is 0 Å². The molecule has 0 fully saturated rings. The lowest BCUT2D eigenvalue weighted by Gasteiger charge is -1.89. The summed E-state index contributed by atoms with van der Waals surface area (Å²) in [6.45, 7) is 7.34. The van der Waals surface area contributed by atoms with E-state index in [0.29, 0.717) is 0 Å². The van der Waals surface area contributed by atoms with Crippen molar-refractivity contribution in [3.05, 3.63) is 24.8 Å². The molecule has 0 saturated carbocycles. The van der Waals surface area contributed by atoms with Crippen molar-refractivity contribution >= 4 is 0 Å². The Bertz CT molecular complexity index is 80.0. The Morgan fingerprint density at radius 2 is 2.11 bits per heavy atom. The summed E-state index contributed by atoms with van der Waals surface area (Å²) in [6, 6.07) is 0. The number of unbranched alkanes of at least 4 members (excludes halogenated alkanes) is 3. The van der Waals surface area contributed by atoms with Gasteiger partial charge in [0.05, 0.1) is 0 Å². The van der Waals surface area contributed by atoms with Gasteiger partial charge in [-0.2, -0.15) is 0 Å². The van der Waals surface area contributed by atoms with Crippen LogP contribution in [0.5, 0.6) is 0 Å². The van der Waals surface area contributed by atoms with Crippen molar-refractivity contribution in [3.63, 3.8) is 0 Å². The van der Waals surface area contributed by atoms with Crippen molar-refractivity contribution in [2.45, 2.75) is 32.6 Å². The predicted octanol–water partition coefficient (Wildman–Crippen LogP) is 3.11. The number of hydrogen-bond acceptors (Lipinski definition) is 0. The van der Waals surface area contributed by atoms with E-state index in [-0.39, 0.29) is 0 Å². The smallest absolute Gasteiger partial charge is 0.0348 e. The van der Waals surface area contributed by atoms with Crippen molar-refractivity contribution in [1.82, 2.24) is 0 Å². The van der Waals surface area contributed by atoms with Crippen LogP contribution in [-0.4, -0.2) is 0 Å². The van der Waals surface area contributed by atoms with Gasteiger partial charge in [0.15, 0.2) is 0 Å². The number of allylic oxidation sites excluding steroid dienone is 3. The van der Waals surface area contributed by atoms with E-state index in [9.17, 15) is 0 Å². The Balaban J connectivity index is 2.90. The van der Waals surface area contributed by atoms with Gasteiger partial charge in [0, 0.05) is 0 Å². The van der Waals surface area contributed by atoms with Crippen LogP contribution in [0.1, 0.15) is 32.6 Å². The molecule has 0 aliphatic carbocycles. The van der Waals surface area contributed by atoms with Gasteiger partial charge in [-0.1, -0.05) is 44.6 Å². The minimum Gasteiger partial charge on any atom is -0.0845 e. The van der Waals surface area contributed by atoms with Crippen LogP contribution in [0.25, 0.3) is 0 Å². The lowest BCUT2D eigenvalue weighted by Crippen LogP contribution is -1.69. The highest BCUT2D eigenvalue weighted by molar-refractivity contribution is 4.95. The second kappa shape index (κ2) is 7.48. The van der Waals surface area contributed by atoms with Gasteiger partial charge in [0.1, 0.15) is 0 Å². The average molecular weight is 123 g/mol. The zero-order valence-electron chi connectivity index (χ0n) is 6.14. The van der Waals surface area contributed by atoms with E-state index < -0.39 is 0 Å². The maximum Gasteiger partial charge on any atom is -0.0348 e. The summed E-state index contributed by atoms with van der Waals surface area (Å²) in [4.78, 5) is 0. The van der Waals surface area contributed by atoms with Crippen LogP contribution < -0.4 is 0 Å². The van der Waals surface area contributed by atoms with Crippen LogP contribution in [0.2, 0.25) is 0 Å². The molecule has 0 rings (SSSR count). The van der Waals surface area contributed by atoms with Gasteiger partial charge in [-0.25, -0.2) is 0 Å². The molecule has 0 heterocycles. The minimum absolute atomic E-state index is 1.17. The molecule has 0 aromatic carbocycles. The second-order valence-corrected chi connectivity index (χ2v) is 2.12. The molecule has 0 aromatic rings. The molecule has 0 amide bonds. The standard InChI is InChI=1S/C9H15/c1-3-5-7-9-8-6-4-2/h1,3,5,7H,4,6,8-9H2,2H3. The van der Waals surface area contributed by atoms with Gasteiger partial charge < -0.3 is 0 Å². The van der Waals surface area contributed by atoms with E-state index >= 15 is 0 Å². The summed E-state index contributed by atoms with van der Waals surface area (Å²) < 4.78 is 0. The lowest BCUT2D eigenvalue weighted by molar-refractivity contribution is 0.729. The van der Waals surface area contributed by atoms with Gasteiger partial charge in [-0.3, -0.25) is 0 Å². The molecular weight excluding hydrogens is 108 g/mol. The fraction of sp³-hybridized carbons (Fsp3) is 0.556. The minimum atomic E-state index is 1.17. The first kappa shape index (κ1) is 8.48. The van der Waals surface area contributed by atoms with E-state index in [1.807, 2.05) is 6.08 Å². The first-order valence-corrected chi connectivity index (χ1v) is 3.62. The van der Waals surface area contributed by atoms with E-state index in [1.165, 1.54) is 25.7 Å². The Labute approximate surface area is 58.3 Å². The molecular formula is C9H15.